The molecule has 1 aromatic carbocycles. The molecule has 1 unspecified atom stereocenters. The van der Waals surface area contributed by atoms with Gasteiger partial charge in [0.1, 0.15) is 6.61 Å². The van der Waals surface area contributed by atoms with E-state index >= 15 is 0 Å². The van der Waals surface area contributed by atoms with Crippen molar-refractivity contribution in [1.29, 1.82) is 0 Å². The van der Waals surface area contributed by atoms with E-state index < -0.39 is 0 Å². The van der Waals surface area contributed by atoms with E-state index in [4.69, 9.17) is 9.47 Å². The summed E-state index contributed by atoms with van der Waals surface area (Å²) >= 11 is 0. The van der Waals surface area contributed by atoms with Crippen molar-refractivity contribution in [2.45, 2.75) is 26.4 Å². The van der Waals surface area contributed by atoms with Crippen LogP contribution in [0.15, 0.2) is 24.3 Å². The molecule has 1 aliphatic rings. The Morgan fingerprint density at radius 3 is 2.81 bits per heavy atom. The van der Waals surface area contributed by atoms with Crippen molar-refractivity contribution in [1.82, 2.24) is 10.2 Å². The Labute approximate surface area is 126 Å². The minimum Gasteiger partial charge on any atom is -0.486 e. The van der Waals surface area contributed by atoms with E-state index in [0.717, 1.165) is 24.5 Å². The predicted octanol–water partition coefficient (Wildman–Crippen LogP) is 1.67. The Morgan fingerprint density at radius 2 is 2.10 bits per heavy atom. The van der Waals surface area contributed by atoms with Crippen LogP contribution in [0.25, 0.3) is 0 Å². The molecule has 0 spiro atoms. The fourth-order valence-corrected chi connectivity index (χ4v) is 2.29. The molecule has 116 valence electrons. The van der Waals surface area contributed by atoms with Crippen LogP contribution in [0.4, 0.5) is 0 Å². The SMILES string of the molecule is CCCNCC(=O)N(CC)CC1COc2ccccc2O1. The minimum absolute atomic E-state index is 0.105. The van der Waals surface area contributed by atoms with Gasteiger partial charge in [-0.15, -0.1) is 0 Å². The molecule has 0 radical (unpaired) electrons. The topological polar surface area (TPSA) is 50.8 Å². The highest BCUT2D eigenvalue weighted by molar-refractivity contribution is 5.78. The summed E-state index contributed by atoms with van der Waals surface area (Å²) in [5.74, 6) is 1.63. The molecule has 1 heterocycles. The quantitative estimate of drug-likeness (QED) is 0.777. The Morgan fingerprint density at radius 1 is 1.33 bits per heavy atom. The summed E-state index contributed by atoms with van der Waals surface area (Å²) in [5.41, 5.74) is 0. The molecule has 0 fully saturated rings. The first-order valence-corrected chi connectivity index (χ1v) is 7.61. The number of rotatable bonds is 7. The molecular formula is C16H24N2O3. The number of nitrogens with one attached hydrogen (secondary N) is 1. The molecule has 2 rings (SSSR count). The molecule has 5 heteroatoms. The van der Waals surface area contributed by atoms with Gasteiger partial charge in [0.15, 0.2) is 17.6 Å². The number of ether oxygens (including phenoxy) is 2. The highest BCUT2D eigenvalue weighted by Gasteiger charge is 2.24. The van der Waals surface area contributed by atoms with Crippen LogP contribution in [0.5, 0.6) is 11.5 Å². The molecular weight excluding hydrogens is 268 g/mol. The van der Waals surface area contributed by atoms with Gasteiger partial charge in [-0.3, -0.25) is 4.79 Å². The number of likely N-dealkylation sites (N-methyl/N-ethyl adjacent to an activating group) is 1. The Hall–Kier alpha value is -1.75. The van der Waals surface area contributed by atoms with Gasteiger partial charge >= 0.3 is 0 Å². The van der Waals surface area contributed by atoms with Crippen molar-refractivity contribution in [3.8, 4) is 11.5 Å². The van der Waals surface area contributed by atoms with E-state index in [1.807, 2.05) is 36.1 Å². The van der Waals surface area contributed by atoms with E-state index in [-0.39, 0.29) is 12.0 Å². The van der Waals surface area contributed by atoms with Gasteiger partial charge < -0.3 is 19.7 Å². The summed E-state index contributed by atoms with van der Waals surface area (Å²) in [7, 11) is 0. The number of amides is 1. The number of fused-ring (bicyclic) bond motifs is 1. The third-order valence-corrected chi connectivity index (χ3v) is 3.43. The highest BCUT2D eigenvalue weighted by Crippen LogP contribution is 2.30. The van der Waals surface area contributed by atoms with Crippen molar-refractivity contribution < 1.29 is 14.3 Å². The summed E-state index contributed by atoms with van der Waals surface area (Å²) in [5, 5.41) is 3.14. The molecule has 0 bridgehead atoms. The molecule has 1 atom stereocenters. The van der Waals surface area contributed by atoms with Crippen molar-refractivity contribution in [2.24, 2.45) is 0 Å². The lowest BCUT2D eigenvalue weighted by Gasteiger charge is -2.31. The second-order valence-corrected chi connectivity index (χ2v) is 5.11. The van der Waals surface area contributed by atoms with E-state index in [2.05, 4.69) is 12.2 Å². The maximum Gasteiger partial charge on any atom is 0.236 e. The molecule has 0 aliphatic carbocycles. The molecule has 1 amide bonds. The fourth-order valence-electron chi connectivity index (χ4n) is 2.29. The van der Waals surface area contributed by atoms with Gasteiger partial charge in [0, 0.05) is 6.54 Å². The second kappa shape index (κ2) is 7.88. The number of nitrogens with zero attached hydrogens (tertiary/aromatic N) is 1. The molecule has 1 aromatic rings. The zero-order chi connectivity index (χ0) is 15.1. The number of hydrogen-bond acceptors (Lipinski definition) is 4. The summed E-state index contributed by atoms with van der Waals surface area (Å²) < 4.78 is 11.6. The third-order valence-electron chi connectivity index (χ3n) is 3.43. The molecule has 1 N–H and O–H groups in total. The number of carbonyl (C=O) groups excluding carboxylic acids is 1. The van der Waals surface area contributed by atoms with Crippen LogP contribution in [0.1, 0.15) is 20.3 Å². The van der Waals surface area contributed by atoms with Crippen LogP contribution in [-0.4, -0.2) is 49.7 Å². The first-order valence-electron chi connectivity index (χ1n) is 7.61. The highest BCUT2D eigenvalue weighted by atomic mass is 16.6. The van der Waals surface area contributed by atoms with Crippen LogP contribution < -0.4 is 14.8 Å². The lowest BCUT2D eigenvalue weighted by atomic mass is 10.2. The van der Waals surface area contributed by atoms with Gasteiger partial charge in [0.05, 0.1) is 13.1 Å². The van der Waals surface area contributed by atoms with Crippen LogP contribution in [0.2, 0.25) is 0 Å². The monoisotopic (exact) mass is 292 g/mol. The molecule has 0 aromatic heterocycles. The summed E-state index contributed by atoms with van der Waals surface area (Å²) in [6, 6.07) is 7.62. The maximum atomic E-state index is 12.1. The Balaban J connectivity index is 1.86. The number of benzene rings is 1. The maximum absolute atomic E-state index is 12.1. The summed E-state index contributed by atoms with van der Waals surface area (Å²) in [4.78, 5) is 13.9. The van der Waals surface area contributed by atoms with Gasteiger partial charge in [-0.1, -0.05) is 19.1 Å². The van der Waals surface area contributed by atoms with Crippen LogP contribution in [-0.2, 0) is 4.79 Å². The average molecular weight is 292 g/mol. The zero-order valence-electron chi connectivity index (χ0n) is 12.8. The number of hydrogen-bond donors (Lipinski definition) is 1. The van der Waals surface area contributed by atoms with Crippen LogP contribution in [0, 0.1) is 0 Å². The standard InChI is InChI=1S/C16H24N2O3/c1-3-9-17-10-16(19)18(4-2)11-13-12-20-14-7-5-6-8-15(14)21-13/h5-8,13,17H,3-4,9-12H2,1-2H3. The largest absolute Gasteiger partial charge is 0.486 e. The van der Waals surface area contributed by atoms with Gasteiger partial charge in [-0.2, -0.15) is 0 Å². The molecule has 0 saturated carbocycles. The van der Waals surface area contributed by atoms with Crippen molar-refractivity contribution >= 4 is 5.91 Å². The predicted molar refractivity (Wildman–Crippen MR) is 81.8 cm³/mol. The van der Waals surface area contributed by atoms with E-state index in [1.54, 1.807) is 0 Å². The number of carbonyl (C=O) groups is 1. The molecule has 21 heavy (non-hydrogen) atoms. The van der Waals surface area contributed by atoms with Crippen molar-refractivity contribution in [3.63, 3.8) is 0 Å². The molecule has 5 nitrogen and oxygen atoms in total. The van der Waals surface area contributed by atoms with Crippen molar-refractivity contribution in [3.05, 3.63) is 24.3 Å². The Kier molecular flexibility index (Phi) is 5.87. The lowest BCUT2D eigenvalue weighted by Crippen LogP contribution is -2.46. The lowest BCUT2D eigenvalue weighted by molar-refractivity contribution is -0.131. The third kappa shape index (κ3) is 4.36. The number of para-hydroxylation sites is 2. The van der Waals surface area contributed by atoms with E-state index in [1.165, 1.54) is 0 Å². The van der Waals surface area contributed by atoms with E-state index in [0.29, 0.717) is 26.2 Å². The van der Waals surface area contributed by atoms with Gasteiger partial charge in [0.25, 0.3) is 0 Å². The Bertz CT molecular complexity index is 465. The van der Waals surface area contributed by atoms with Crippen molar-refractivity contribution in [2.75, 3.05) is 32.8 Å². The first-order chi connectivity index (χ1) is 10.2. The molecule has 0 saturated heterocycles. The average Bonchev–Trinajstić information content (AvgIpc) is 2.52. The zero-order valence-corrected chi connectivity index (χ0v) is 12.8. The molecule has 1 aliphatic heterocycles. The summed E-state index contributed by atoms with van der Waals surface area (Å²) in [6.07, 6.45) is 0.908. The van der Waals surface area contributed by atoms with E-state index in [9.17, 15) is 4.79 Å². The van der Waals surface area contributed by atoms with Gasteiger partial charge in [-0.05, 0) is 32.0 Å². The van der Waals surface area contributed by atoms with Gasteiger partial charge in [0.2, 0.25) is 5.91 Å². The van der Waals surface area contributed by atoms with Crippen LogP contribution >= 0.6 is 0 Å². The summed E-state index contributed by atoms with van der Waals surface area (Å²) in [6.45, 7) is 7.01. The van der Waals surface area contributed by atoms with Gasteiger partial charge in [-0.25, -0.2) is 0 Å². The first kappa shape index (κ1) is 15.6. The van der Waals surface area contributed by atoms with Crippen LogP contribution in [0.3, 0.4) is 0 Å². The smallest absolute Gasteiger partial charge is 0.236 e. The fraction of sp³-hybridized carbons (Fsp3) is 0.562. The second-order valence-electron chi connectivity index (χ2n) is 5.11. The normalized spacial score (nSPS) is 16.6. The minimum atomic E-state index is -0.116.